The Bertz CT molecular complexity index is 614. The van der Waals surface area contributed by atoms with Gasteiger partial charge in [-0.15, -0.1) is 0 Å². The van der Waals surface area contributed by atoms with Gasteiger partial charge in [0.2, 0.25) is 5.82 Å². The van der Waals surface area contributed by atoms with E-state index in [1.54, 1.807) is 10.8 Å². The average molecular weight is 228 g/mol. The van der Waals surface area contributed by atoms with Crippen LogP contribution in [0.2, 0.25) is 0 Å². The Morgan fingerprint density at radius 1 is 1.47 bits per heavy atom. The van der Waals surface area contributed by atoms with Crippen LogP contribution in [0.15, 0.2) is 24.4 Å². The topological polar surface area (TPSA) is 55.1 Å². The van der Waals surface area contributed by atoms with E-state index in [1.807, 2.05) is 6.92 Å². The number of benzene rings is 1. The van der Waals surface area contributed by atoms with Crippen molar-refractivity contribution in [1.29, 1.82) is 0 Å². The van der Waals surface area contributed by atoms with Crippen molar-refractivity contribution in [3.05, 3.63) is 41.3 Å². The van der Waals surface area contributed by atoms with E-state index >= 15 is 0 Å². The van der Waals surface area contributed by atoms with Gasteiger partial charge < -0.3 is 9.67 Å². The highest BCUT2D eigenvalue weighted by Gasteiger charge is 2.22. The Kier molecular flexibility index (Phi) is 2.04. The second-order valence-electron chi connectivity index (χ2n) is 4.33. The molecule has 17 heavy (non-hydrogen) atoms. The quantitative estimate of drug-likeness (QED) is 0.813. The predicted molar refractivity (Wildman–Crippen MR) is 63.1 cm³/mol. The molecule has 0 saturated heterocycles. The number of fused-ring (bicyclic) bond motifs is 3. The van der Waals surface area contributed by atoms with Gasteiger partial charge in [-0.3, -0.25) is 0 Å². The number of nitrogens with zero attached hydrogens (tertiary/aromatic N) is 2. The van der Waals surface area contributed by atoms with E-state index in [-0.39, 0.29) is 5.82 Å². The molecule has 2 aromatic rings. The summed E-state index contributed by atoms with van der Waals surface area (Å²) in [4.78, 5) is 15.0. The summed E-state index contributed by atoms with van der Waals surface area (Å²) in [5, 5.41) is 9.05. The maximum absolute atomic E-state index is 11.0. The van der Waals surface area contributed by atoms with Crippen LogP contribution in [0.4, 0.5) is 0 Å². The lowest BCUT2D eigenvalue weighted by molar-refractivity contribution is 0.0678. The van der Waals surface area contributed by atoms with Crippen molar-refractivity contribution >= 4 is 5.97 Å². The molecule has 1 aromatic heterocycles. The van der Waals surface area contributed by atoms with E-state index in [4.69, 9.17) is 5.11 Å². The third-order valence-electron chi connectivity index (χ3n) is 3.19. The highest BCUT2D eigenvalue weighted by molar-refractivity contribution is 5.85. The van der Waals surface area contributed by atoms with E-state index in [0.29, 0.717) is 6.54 Å². The maximum Gasteiger partial charge on any atom is 0.372 e. The molecule has 1 aliphatic heterocycles. The molecule has 3 rings (SSSR count). The number of rotatable bonds is 1. The van der Waals surface area contributed by atoms with Gasteiger partial charge in [0.25, 0.3) is 0 Å². The van der Waals surface area contributed by atoms with Crippen molar-refractivity contribution in [3.8, 4) is 11.3 Å². The summed E-state index contributed by atoms with van der Waals surface area (Å²) in [5.41, 5.74) is 4.46. The SMILES string of the molecule is Cc1ccc2c(c1)-c1cnc(C(=O)O)n1CC2. The number of hydrogen-bond donors (Lipinski definition) is 1. The zero-order valence-electron chi connectivity index (χ0n) is 9.47. The van der Waals surface area contributed by atoms with Crippen molar-refractivity contribution in [2.24, 2.45) is 0 Å². The number of aromatic carboxylic acids is 1. The van der Waals surface area contributed by atoms with Crippen molar-refractivity contribution in [1.82, 2.24) is 9.55 Å². The molecule has 0 unspecified atom stereocenters. The van der Waals surface area contributed by atoms with Crippen molar-refractivity contribution in [3.63, 3.8) is 0 Å². The van der Waals surface area contributed by atoms with Crippen LogP contribution in [0.25, 0.3) is 11.3 Å². The number of carboxylic acids is 1. The molecule has 0 radical (unpaired) electrons. The number of carbonyl (C=O) groups is 1. The molecule has 1 N–H and O–H groups in total. The summed E-state index contributed by atoms with van der Waals surface area (Å²) >= 11 is 0. The minimum atomic E-state index is -0.965. The van der Waals surface area contributed by atoms with Gasteiger partial charge in [-0.1, -0.05) is 17.7 Å². The third kappa shape index (κ3) is 1.45. The largest absolute Gasteiger partial charge is 0.475 e. The maximum atomic E-state index is 11.0. The zero-order chi connectivity index (χ0) is 12.0. The van der Waals surface area contributed by atoms with Crippen LogP contribution in [-0.4, -0.2) is 20.6 Å². The second kappa shape index (κ2) is 3.45. The van der Waals surface area contributed by atoms with E-state index in [2.05, 4.69) is 23.2 Å². The van der Waals surface area contributed by atoms with E-state index in [1.165, 1.54) is 11.1 Å². The highest BCUT2D eigenvalue weighted by Crippen LogP contribution is 2.30. The Hall–Kier alpha value is -2.10. The van der Waals surface area contributed by atoms with Gasteiger partial charge >= 0.3 is 5.97 Å². The summed E-state index contributed by atoms with van der Waals surface area (Å²) in [6.07, 6.45) is 2.51. The lowest BCUT2D eigenvalue weighted by Crippen LogP contribution is -2.16. The Morgan fingerprint density at radius 3 is 3.06 bits per heavy atom. The number of carboxylic acid groups (broad SMARTS) is 1. The first-order valence-electron chi connectivity index (χ1n) is 5.55. The lowest BCUT2D eigenvalue weighted by atomic mass is 9.97. The minimum Gasteiger partial charge on any atom is -0.475 e. The molecular formula is C13H12N2O2. The van der Waals surface area contributed by atoms with E-state index in [0.717, 1.165) is 17.7 Å². The van der Waals surface area contributed by atoms with Crippen LogP contribution in [-0.2, 0) is 13.0 Å². The molecule has 0 atom stereocenters. The molecule has 0 amide bonds. The average Bonchev–Trinajstić information content (AvgIpc) is 2.72. The van der Waals surface area contributed by atoms with Gasteiger partial charge in [0.15, 0.2) is 0 Å². The molecule has 0 spiro atoms. The Labute approximate surface area is 98.5 Å². The fourth-order valence-electron chi connectivity index (χ4n) is 2.37. The summed E-state index contributed by atoms with van der Waals surface area (Å²) in [7, 11) is 0. The molecule has 1 aromatic carbocycles. The fraction of sp³-hybridized carbons (Fsp3) is 0.231. The first kappa shape index (κ1) is 10.1. The molecule has 0 aliphatic carbocycles. The molecule has 4 nitrogen and oxygen atoms in total. The molecular weight excluding hydrogens is 216 g/mol. The Balaban J connectivity index is 2.23. The third-order valence-corrected chi connectivity index (χ3v) is 3.19. The first-order valence-corrected chi connectivity index (χ1v) is 5.55. The van der Waals surface area contributed by atoms with Crippen molar-refractivity contribution in [2.45, 2.75) is 19.9 Å². The minimum absolute atomic E-state index is 0.132. The van der Waals surface area contributed by atoms with Crippen molar-refractivity contribution < 1.29 is 9.90 Å². The number of aromatic nitrogens is 2. The van der Waals surface area contributed by atoms with Gasteiger partial charge in [0.05, 0.1) is 11.9 Å². The van der Waals surface area contributed by atoms with Gasteiger partial charge in [0, 0.05) is 12.1 Å². The zero-order valence-corrected chi connectivity index (χ0v) is 9.47. The molecule has 86 valence electrons. The smallest absolute Gasteiger partial charge is 0.372 e. The predicted octanol–water partition coefficient (Wildman–Crippen LogP) is 2.11. The van der Waals surface area contributed by atoms with Gasteiger partial charge in [0.1, 0.15) is 0 Å². The van der Waals surface area contributed by atoms with Crippen LogP contribution in [0.1, 0.15) is 21.7 Å². The van der Waals surface area contributed by atoms with E-state index < -0.39 is 5.97 Å². The standard InChI is InChI=1S/C13H12N2O2/c1-8-2-3-9-4-5-15-11(10(9)6-8)7-14-12(15)13(16)17/h2-3,6-7H,4-5H2,1H3,(H,16,17). The Morgan fingerprint density at radius 2 is 2.29 bits per heavy atom. The molecule has 0 saturated carbocycles. The molecule has 1 aliphatic rings. The van der Waals surface area contributed by atoms with Crippen LogP contribution in [0, 0.1) is 6.92 Å². The van der Waals surface area contributed by atoms with E-state index in [9.17, 15) is 4.79 Å². The van der Waals surface area contributed by atoms with Gasteiger partial charge in [-0.2, -0.15) is 0 Å². The molecule has 4 heteroatoms. The summed E-state index contributed by atoms with van der Waals surface area (Å²) in [5.74, 6) is -0.834. The van der Waals surface area contributed by atoms with Gasteiger partial charge in [-0.25, -0.2) is 9.78 Å². The van der Waals surface area contributed by atoms with Crippen LogP contribution in [0.3, 0.4) is 0 Å². The number of aryl methyl sites for hydroxylation is 2. The fourth-order valence-corrected chi connectivity index (χ4v) is 2.37. The molecule has 2 heterocycles. The monoisotopic (exact) mass is 228 g/mol. The number of hydrogen-bond acceptors (Lipinski definition) is 2. The summed E-state index contributed by atoms with van der Waals surface area (Å²) in [6, 6.07) is 6.29. The number of imidazole rings is 1. The second-order valence-corrected chi connectivity index (χ2v) is 4.33. The van der Waals surface area contributed by atoms with Crippen LogP contribution in [0.5, 0.6) is 0 Å². The lowest BCUT2D eigenvalue weighted by Gasteiger charge is -2.19. The normalized spacial score (nSPS) is 13.0. The summed E-state index contributed by atoms with van der Waals surface area (Å²) in [6.45, 7) is 2.72. The molecule has 0 bridgehead atoms. The molecule has 0 fully saturated rings. The first-order chi connectivity index (χ1) is 8.16. The van der Waals surface area contributed by atoms with Crippen LogP contribution >= 0.6 is 0 Å². The van der Waals surface area contributed by atoms with Crippen LogP contribution < -0.4 is 0 Å². The summed E-state index contributed by atoms with van der Waals surface area (Å²) < 4.78 is 1.78. The highest BCUT2D eigenvalue weighted by atomic mass is 16.4. The van der Waals surface area contributed by atoms with Crippen molar-refractivity contribution in [2.75, 3.05) is 0 Å². The van der Waals surface area contributed by atoms with Gasteiger partial charge in [-0.05, 0) is 25.0 Å².